The Morgan fingerprint density at radius 3 is 2.12 bits per heavy atom. The van der Waals surface area contributed by atoms with E-state index in [-0.39, 0.29) is 11.6 Å². The summed E-state index contributed by atoms with van der Waals surface area (Å²) in [7, 11) is 3.06. The molecule has 1 atom stereocenters. The van der Waals surface area contributed by atoms with Crippen molar-refractivity contribution in [2.45, 2.75) is 17.1 Å². The predicted molar refractivity (Wildman–Crippen MR) is 172 cm³/mol. The van der Waals surface area contributed by atoms with Gasteiger partial charge in [-0.25, -0.2) is 0 Å². The molecule has 0 aromatic heterocycles. The number of hydrogen-bond donors (Lipinski definition) is 3. The number of carbonyl (C=O) groups is 3. The highest BCUT2D eigenvalue weighted by molar-refractivity contribution is 8.00. The summed E-state index contributed by atoms with van der Waals surface area (Å²) in [4.78, 5) is 39.8. The average Bonchev–Trinajstić information content (AvgIpc) is 3.02. The van der Waals surface area contributed by atoms with Crippen LogP contribution in [0, 0.1) is 0 Å². The fourth-order valence-corrected chi connectivity index (χ4v) is 5.07. The van der Waals surface area contributed by atoms with Crippen LogP contribution in [0.3, 0.4) is 0 Å². The summed E-state index contributed by atoms with van der Waals surface area (Å²) in [6.45, 7) is 1.80. The summed E-state index contributed by atoms with van der Waals surface area (Å²) < 4.78 is 10.6. The summed E-state index contributed by atoms with van der Waals surface area (Å²) in [6.07, 6.45) is 1.56. The maximum absolute atomic E-state index is 13.4. The molecule has 4 rings (SSSR count). The maximum atomic E-state index is 13.4. The molecule has 0 saturated carbocycles. The first-order valence-electron chi connectivity index (χ1n) is 13.2. The molecular formula is C33H30ClN3O5S. The van der Waals surface area contributed by atoms with Crippen LogP contribution in [0.5, 0.6) is 11.5 Å². The largest absolute Gasteiger partial charge is 0.496 e. The van der Waals surface area contributed by atoms with Crippen LogP contribution >= 0.6 is 23.4 Å². The molecule has 4 aromatic rings. The minimum atomic E-state index is -0.513. The topological polar surface area (TPSA) is 106 Å². The highest BCUT2D eigenvalue weighted by atomic mass is 35.5. The quantitative estimate of drug-likeness (QED) is 0.125. The number of benzene rings is 4. The molecule has 3 N–H and O–H groups in total. The Morgan fingerprint density at radius 2 is 1.44 bits per heavy atom. The second-order valence-electron chi connectivity index (χ2n) is 9.20. The molecule has 0 saturated heterocycles. The van der Waals surface area contributed by atoms with Crippen LogP contribution < -0.4 is 25.4 Å². The average molecular weight is 616 g/mol. The summed E-state index contributed by atoms with van der Waals surface area (Å²) in [5.41, 5.74) is 2.16. The summed E-state index contributed by atoms with van der Waals surface area (Å²) in [5.74, 6) is -0.0511. The standard InChI is InChI=1S/C33H30ClN3O5S/c1-21(31(38)36-25-15-18-30(42-3)27(34)20-25)43-26-16-13-24(14-17-26)35-33(40)28(19-23-11-7-8-12-29(23)41-2)37-32(39)22-9-5-4-6-10-22/h4-21H,1-3H3,(H,35,40)(H,36,38)(H,37,39)/b28-19-. The molecule has 4 aromatic carbocycles. The number of ether oxygens (including phenoxy) is 2. The van der Waals surface area contributed by atoms with Crippen LogP contribution in [0.2, 0.25) is 5.02 Å². The monoisotopic (exact) mass is 615 g/mol. The number of para-hydroxylation sites is 1. The lowest BCUT2D eigenvalue weighted by Gasteiger charge is -2.14. The fraction of sp³-hybridized carbons (Fsp3) is 0.121. The van der Waals surface area contributed by atoms with Gasteiger partial charge in [0.2, 0.25) is 5.91 Å². The van der Waals surface area contributed by atoms with Gasteiger partial charge in [-0.2, -0.15) is 0 Å². The SMILES string of the molecule is COc1ccc(NC(=O)C(C)Sc2ccc(NC(=O)/C(=C/c3ccccc3OC)NC(=O)c3ccccc3)cc2)cc1Cl. The molecule has 0 aliphatic rings. The molecule has 1 unspecified atom stereocenters. The normalized spacial score (nSPS) is 11.7. The number of thioether (sulfide) groups is 1. The van der Waals surface area contributed by atoms with Crippen LogP contribution in [-0.2, 0) is 9.59 Å². The number of rotatable bonds is 11. The number of nitrogens with one attached hydrogen (secondary N) is 3. The molecule has 43 heavy (non-hydrogen) atoms. The zero-order valence-electron chi connectivity index (χ0n) is 23.7. The first kappa shape index (κ1) is 31.2. The third kappa shape index (κ3) is 8.64. The smallest absolute Gasteiger partial charge is 0.272 e. The van der Waals surface area contributed by atoms with Crippen molar-refractivity contribution in [3.8, 4) is 11.5 Å². The predicted octanol–water partition coefficient (Wildman–Crippen LogP) is 6.89. The Bertz CT molecular complexity index is 1630. The van der Waals surface area contributed by atoms with E-state index in [0.717, 1.165) is 4.90 Å². The molecule has 0 radical (unpaired) electrons. The lowest BCUT2D eigenvalue weighted by Crippen LogP contribution is -2.30. The molecule has 0 spiro atoms. The van der Waals surface area contributed by atoms with Crippen molar-refractivity contribution in [3.63, 3.8) is 0 Å². The fourth-order valence-electron chi connectivity index (χ4n) is 3.94. The van der Waals surface area contributed by atoms with E-state index in [1.807, 2.05) is 12.1 Å². The van der Waals surface area contributed by atoms with Crippen molar-refractivity contribution < 1.29 is 23.9 Å². The van der Waals surface area contributed by atoms with Crippen molar-refractivity contribution in [1.82, 2.24) is 5.32 Å². The van der Waals surface area contributed by atoms with Crippen LogP contribution in [0.4, 0.5) is 11.4 Å². The van der Waals surface area contributed by atoms with Gasteiger partial charge < -0.3 is 25.4 Å². The maximum Gasteiger partial charge on any atom is 0.272 e. The first-order valence-corrected chi connectivity index (χ1v) is 14.5. The van der Waals surface area contributed by atoms with Gasteiger partial charge in [0, 0.05) is 27.4 Å². The van der Waals surface area contributed by atoms with E-state index in [1.54, 1.807) is 97.9 Å². The molecule has 0 fully saturated rings. The third-order valence-electron chi connectivity index (χ3n) is 6.18. The van der Waals surface area contributed by atoms with Crippen LogP contribution in [0.25, 0.3) is 6.08 Å². The first-order chi connectivity index (χ1) is 20.8. The second kappa shape index (κ2) is 14.9. The van der Waals surface area contributed by atoms with Gasteiger partial charge in [-0.15, -0.1) is 11.8 Å². The van der Waals surface area contributed by atoms with Crippen LogP contribution in [-0.4, -0.2) is 37.2 Å². The Balaban J connectivity index is 1.44. The van der Waals surface area contributed by atoms with Gasteiger partial charge in [-0.05, 0) is 73.7 Å². The highest BCUT2D eigenvalue weighted by Crippen LogP contribution is 2.29. The van der Waals surface area contributed by atoms with Gasteiger partial charge in [0.1, 0.15) is 17.2 Å². The van der Waals surface area contributed by atoms with E-state index in [9.17, 15) is 14.4 Å². The van der Waals surface area contributed by atoms with Gasteiger partial charge in [-0.1, -0.05) is 48.0 Å². The van der Waals surface area contributed by atoms with E-state index in [1.165, 1.54) is 26.0 Å². The Labute approximate surface area is 259 Å². The van der Waals surface area contributed by atoms with Gasteiger partial charge >= 0.3 is 0 Å². The zero-order chi connectivity index (χ0) is 30.8. The molecule has 10 heteroatoms. The van der Waals surface area contributed by atoms with Crippen molar-refractivity contribution in [2.75, 3.05) is 24.9 Å². The van der Waals surface area contributed by atoms with Gasteiger partial charge in [0.15, 0.2) is 0 Å². The number of halogens is 1. The van der Waals surface area contributed by atoms with E-state index >= 15 is 0 Å². The summed E-state index contributed by atoms with van der Waals surface area (Å²) in [5, 5.41) is 8.40. The zero-order valence-corrected chi connectivity index (χ0v) is 25.3. The van der Waals surface area contributed by atoms with Crippen LogP contribution in [0.1, 0.15) is 22.8 Å². The molecule has 220 valence electrons. The minimum absolute atomic E-state index is 0.0423. The number of carbonyl (C=O) groups excluding carboxylic acids is 3. The van der Waals surface area contributed by atoms with Crippen molar-refractivity contribution in [1.29, 1.82) is 0 Å². The molecule has 0 bridgehead atoms. The van der Waals surface area contributed by atoms with Crippen LogP contribution in [0.15, 0.2) is 108 Å². The Hall–Kier alpha value is -4.73. The van der Waals surface area contributed by atoms with Crippen molar-refractivity contribution >= 4 is 58.5 Å². The summed E-state index contributed by atoms with van der Waals surface area (Å²) in [6, 6.07) is 27.9. The number of methoxy groups -OCH3 is 2. The van der Waals surface area contributed by atoms with Crippen molar-refractivity contribution in [3.05, 3.63) is 119 Å². The highest BCUT2D eigenvalue weighted by Gasteiger charge is 2.18. The summed E-state index contributed by atoms with van der Waals surface area (Å²) >= 11 is 7.52. The molecule has 0 aliphatic heterocycles. The van der Waals surface area contributed by atoms with Gasteiger partial charge in [0.05, 0.1) is 24.5 Å². The van der Waals surface area contributed by atoms with E-state index in [2.05, 4.69) is 16.0 Å². The van der Waals surface area contributed by atoms with Crippen molar-refractivity contribution in [2.24, 2.45) is 0 Å². The Morgan fingerprint density at radius 1 is 0.791 bits per heavy atom. The molecule has 3 amide bonds. The van der Waals surface area contributed by atoms with Gasteiger partial charge in [-0.3, -0.25) is 14.4 Å². The van der Waals surface area contributed by atoms with Gasteiger partial charge in [0.25, 0.3) is 11.8 Å². The molecule has 8 nitrogen and oxygen atoms in total. The molecule has 0 heterocycles. The van der Waals surface area contributed by atoms with E-state index < -0.39 is 17.1 Å². The molecule has 0 aliphatic carbocycles. The second-order valence-corrected chi connectivity index (χ2v) is 11.0. The number of anilines is 2. The Kier molecular flexibility index (Phi) is 10.9. The van der Waals surface area contributed by atoms with E-state index in [0.29, 0.717) is 39.0 Å². The molecular weight excluding hydrogens is 586 g/mol. The minimum Gasteiger partial charge on any atom is -0.496 e. The van der Waals surface area contributed by atoms with E-state index in [4.69, 9.17) is 21.1 Å². The lowest BCUT2D eigenvalue weighted by molar-refractivity contribution is -0.115. The number of hydrogen-bond acceptors (Lipinski definition) is 6. The lowest BCUT2D eigenvalue weighted by atomic mass is 10.1. The number of amides is 3. The third-order valence-corrected chi connectivity index (χ3v) is 7.59.